The van der Waals surface area contributed by atoms with E-state index in [0.717, 1.165) is 10.6 Å². The van der Waals surface area contributed by atoms with Crippen molar-refractivity contribution in [2.45, 2.75) is 6.92 Å². The second-order valence-electron chi connectivity index (χ2n) is 3.14. The van der Waals surface area contributed by atoms with Crippen molar-refractivity contribution in [3.05, 3.63) is 46.5 Å². The molecule has 4 nitrogen and oxygen atoms in total. The number of carbonyl (C=O) groups is 1. The molecule has 0 saturated heterocycles. The van der Waals surface area contributed by atoms with Crippen LogP contribution >= 0.6 is 11.3 Å². The maximum Gasteiger partial charge on any atom is 0.197 e. The molecule has 0 aliphatic carbocycles. The summed E-state index contributed by atoms with van der Waals surface area (Å²) < 4.78 is 4.87. The second kappa shape index (κ2) is 4.76. The van der Waals surface area contributed by atoms with Crippen LogP contribution in [0, 0.1) is 6.92 Å². The predicted octanol–water partition coefficient (Wildman–Crippen LogP) is 2.85. The Balaban J connectivity index is 1.93. The van der Waals surface area contributed by atoms with Crippen LogP contribution in [-0.2, 0) is 0 Å². The summed E-state index contributed by atoms with van der Waals surface area (Å²) in [5, 5.41) is 8.46. The number of rotatable bonds is 4. The Hall–Kier alpha value is -1.88. The number of ketones is 1. The fraction of sp³-hybridized carbons (Fsp3) is 0.0909. The summed E-state index contributed by atoms with van der Waals surface area (Å²) in [5.74, 6) is 1.29. The number of thiophene rings is 1. The highest BCUT2D eigenvalue weighted by Crippen LogP contribution is 2.10. The Morgan fingerprint density at radius 1 is 1.62 bits per heavy atom. The van der Waals surface area contributed by atoms with E-state index in [1.165, 1.54) is 17.4 Å². The summed E-state index contributed by atoms with van der Waals surface area (Å²) in [5.41, 5.74) is 0. The number of hydrogen-bond acceptors (Lipinski definition) is 5. The number of hydrogen-bond donors (Lipinski definition) is 1. The van der Waals surface area contributed by atoms with Gasteiger partial charge in [0, 0.05) is 18.3 Å². The fourth-order valence-electron chi connectivity index (χ4n) is 1.14. The molecule has 0 radical (unpaired) electrons. The molecule has 0 atom stereocenters. The molecule has 0 aromatic carbocycles. The lowest BCUT2D eigenvalue weighted by molar-refractivity contribution is 0.105. The summed E-state index contributed by atoms with van der Waals surface area (Å²) in [7, 11) is 0. The molecule has 2 aromatic rings. The van der Waals surface area contributed by atoms with Crippen LogP contribution in [0.2, 0.25) is 0 Å². The monoisotopic (exact) mass is 234 g/mol. The van der Waals surface area contributed by atoms with E-state index in [1.807, 2.05) is 11.4 Å². The van der Waals surface area contributed by atoms with Crippen molar-refractivity contribution in [3.8, 4) is 0 Å². The van der Waals surface area contributed by atoms with Gasteiger partial charge in [0.15, 0.2) is 11.6 Å². The topological polar surface area (TPSA) is 55.1 Å². The van der Waals surface area contributed by atoms with E-state index < -0.39 is 0 Å². The van der Waals surface area contributed by atoms with E-state index >= 15 is 0 Å². The van der Waals surface area contributed by atoms with Crippen molar-refractivity contribution in [1.82, 2.24) is 5.16 Å². The molecule has 0 saturated carbocycles. The zero-order valence-electron chi connectivity index (χ0n) is 8.64. The molecule has 2 aromatic heterocycles. The summed E-state index contributed by atoms with van der Waals surface area (Å²) in [6.07, 6.45) is 3.02. The fourth-order valence-corrected chi connectivity index (χ4v) is 1.78. The molecule has 1 N–H and O–H groups in total. The second-order valence-corrected chi connectivity index (χ2v) is 4.09. The largest absolute Gasteiger partial charge is 0.360 e. The number of allylic oxidation sites excluding steroid dienone is 1. The molecule has 0 fully saturated rings. The number of carbonyl (C=O) groups excluding carboxylic acids is 1. The molecule has 82 valence electrons. The summed E-state index contributed by atoms with van der Waals surface area (Å²) in [4.78, 5) is 12.3. The molecular formula is C11H10N2O2S. The van der Waals surface area contributed by atoms with Gasteiger partial charge in [-0.1, -0.05) is 11.2 Å². The van der Waals surface area contributed by atoms with Crippen LogP contribution in [-0.4, -0.2) is 10.9 Å². The first kappa shape index (κ1) is 10.6. The van der Waals surface area contributed by atoms with Gasteiger partial charge in [0.2, 0.25) is 0 Å². The summed E-state index contributed by atoms with van der Waals surface area (Å²) in [6.45, 7) is 1.80. The van der Waals surface area contributed by atoms with Gasteiger partial charge >= 0.3 is 0 Å². The normalized spacial score (nSPS) is 10.8. The molecule has 0 unspecified atom stereocenters. The van der Waals surface area contributed by atoms with Gasteiger partial charge in [0.1, 0.15) is 5.76 Å². The average Bonchev–Trinajstić information content (AvgIpc) is 2.89. The van der Waals surface area contributed by atoms with Gasteiger partial charge in [0.25, 0.3) is 0 Å². The molecule has 0 amide bonds. The number of aryl methyl sites for hydroxylation is 1. The average molecular weight is 234 g/mol. The van der Waals surface area contributed by atoms with E-state index in [1.54, 1.807) is 25.3 Å². The van der Waals surface area contributed by atoms with Crippen LogP contribution in [0.1, 0.15) is 15.4 Å². The minimum Gasteiger partial charge on any atom is -0.360 e. The Kier molecular flexibility index (Phi) is 3.16. The number of anilines is 1. The van der Waals surface area contributed by atoms with Gasteiger partial charge < -0.3 is 9.84 Å². The van der Waals surface area contributed by atoms with Gasteiger partial charge in [-0.15, -0.1) is 11.3 Å². The van der Waals surface area contributed by atoms with Crippen molar-refractivity contribution >= 4 is 22.9 Å². The van der Waals surface area contributed by atoms with Crippen molar-refractivity contribution < 1.29 is 9.32 Å². The lowest BCUT2D eigenvalue weighted by Gasteiger charge is -1.91. The standard InChI is InChI=1S/C11H10N2O2S/c1-8-7-11(13-15-8)12-5-4-9(14)10-3-2-6-16-10/h2-7H,1H3,(H,12,13). The highest BCUT2D eigenvalue weighted by molar-refractivity contribution is 7.12. The maximum absolute atomic E-state index is 11.5. The minimum atomic E-state index is -0.0253. The third-order valence-corrected chi connectivity index (χ3v) is 2.74. The molecular weight excluding hydrogens is 224 g/mol. The Morgan fingerprint density at radius 2 is 2.50 bits per heavy atom. The first-order valence-electron chi connectivity index (χ1n) is 4.70. The Labute approximate surface area is 96.6 Å². The molecule has 5 heteroatoms. The molecule has 0 spiro atoms. The Morgan fingerprint density at radius 3 is 3.12 bits per heavy atom. The predicted molar refractivity (Wildman–Crippen MR) is 62.7 cm³/mol. The van der Waals surface area contributed by atoms with Gasteiger partial charge in [-0.2, -0.15) is 0 Å². The molecule has 0 aliphatic heterocycles. The maximum atomic E-state index is 11.5. The third kappa shape index (κ3) is 2.58. The lowest BCUT2D eigenvalue weighted by Crippen LogP contribution is -1.93. The van der Waals surface area contributed by atoms with Gasteiger partial charge in [-0.05, 0) is 18.4 Å². The van der Waals surface area contributed by atoms with E-state index in [2.05, 4.69) is 10.5 Å². The van der Waals surface area contributed by atoms with Crippen molar-refractivity contribution in [3.63, 3.8) is 0 Å². The molecule has 2 rings (SSSR count). The number of aromatic nitrogens is 1. The highest BCUT2D eigenvalue weighted by atomic mass is 32.1. The third-order valence-electron chi connectivity index (χ3n) is 1.86. The summed E-state index contributed by atoms with van der Waals surface area (Å²) >= 11 is 1.42. The van der Waals surface area contributed by atoms with E-state index in [4.69, 9.17) is 4.52 Å². The Bertz CT molecular complexity index is 500. The lowest BCUT2D eigenvalue weighted by atomic mass is 10.3. The van der Waals surface area contributed by atoms with Crippen LogP contribution in [0.3, 0.4) is 0 Å². The van der Waals surface area contributed by atoms with E-state index in [0.29, 0.717) is 5.82 Å². The number of nitrogens with one attached hydrogen (secondary N) is 1. The van der Waals surface area contributed by atoms with E-state index in [9.17, 15) is 4.79 Å². The highest BCUT2D eigenvalue weighted by Gasteiger charge is 2.01. The zero-order chi connectivity index (χ0) is 11.4. The van der Waals surface area contributed by atoms with Crippen LogP contribution in [0.15, 0.2) is 40.4 Å². The van der Waals surface area contributed by atoms with Crippen molar-refractivity contribution in [1.29, 1.82) is 0 Å². The first-order valence-corrected chi connectivity index (χ1v) is 5.58. The molecule has 16 heavy (non-hydrogen) atoms. The quantitative estimate of drug-likeness (QED) is 0.652. The van der Waals surface area contributed by atoms with Crippen LogP contribution in [0.25, 0.3) is 0 Å². The van der Waals surface area contributed by atoms with Crippen LogP contribution < -0.4 is 5.32 Å². The van der Waals surface area contributed by atoms with Gasteiger partial charge in [-0.3, -0.25) is 4.79 Å². The minimum absolute atomic E-state index is 0.0253. The zero-order valence-corrected chi connectivity index (χ0v) is 9.45. The van der Waals surface area contributed by atoms with Crippen molar-refractivity contribution in [2.75, 3.05) is 5.32 Å². The summed E-state index contributed by atoms with van der Waals surface area (Å²) in [6, 6.07) is 5.39. The van der Waals surface area contributed by atoms with Crippen LogP contribution in [0.5, 0.6) is 0 Å². The smallest absolute Gasteiger partial charge is 0.197 e. The SMILES string of the molecule is Cc1cc(NC=CC(=O)c2cccs2)no1. The van der Waals surface area contributed by atoms with E-state index in [-0.39, 0.29) is 5.78 Å². The van der Waals surface area contributed by atoms with Gasteiger partial charge in [0.05, 0.1) is 4.88 Å². The molecule has 0 aliphatic rings. The van der Waals surface area contributed by atoms with Gasteiger partial charge in [-0.25, -0.2) is 0 Å². The number of nitrogens with zero attached hydrogens (tertiary/aromatic N) is 1. The van der Waals surface area contributed by atoms with Crippen molar-refractivity contribution in [2.24, 2.45) is 0 Å². The molecule has 2 heterocycles. The first-order chi connectivity index (χ1) is 7.75. The molecule has 0 bridgehead atoms. The van der Waals surface area contributed by atoms with Crippen LogP contribution in [0.4, 0.5) is 5.82 Å².